The van der Waals surface area contributed by atoms with E-state index < -0.39 is 0 Å². The highest BCUT2D eigenvalue weighted by Crippen LogP contribution is 2.37. The van der Waals surface area contributed by atoms with Crippen molar-refractivity contribution in [2.45, 2.75) is 30.9 Å². The number of fused-ring (bicyclic) bond motifs is 1. The van der Waals surface area contributed by atoms with Gasteiger partial charge in [0.15, 0.2) is 0 Å². The minimum atomic E-state index is 0.0502. The zero-order valence-electron chi connectivity index (χ0n) is 10.9. The van der Waals surface area contributed by atoms with Crippen molar-refractivity contribution in [1.29, 1.82) is 0 Å². The number of alkyl halides is 1. The molecule has 1 unspecified atom stereocenters. The topological polar surface area (TPSA) is 12.9 Å². The first kappa shape index (κ1) is 13.5. The summed E-state index contributed by atoms with van der Waals surface area (Å²) in [6.45, 7) is 2.10. The van der Waals surface area contributed by atoms with Gasteiger partial charge in [0.25, 0.3) is 0 Å². The summed E-state index contributed by atoms with van der Waals surface area (Å²) in [6.07, 6.45) is 3.87. The monoisotopic (exact) mass is 309 g/mol. The van der Waals surface area contributed by atoms with Crippen LogP contribution >= 0.6 is 34.7 Å². The first-order chi connectivity index (χ1) is 9.24. The molecule has 3 rings (SSSR count). The summed E-state index contributed by atoms with van der Waals surface area (Å²) in [4.78, 5) is 7.29. The number of rotatable bonds is 3. The maximum atomic E-state index is 6.60. The van der Waals surface area contributed by atoms with Gasteiger partial charge in [0.1, 0.15) is 0 Å². The summed E-state index contributed by atoms with van der Waals surface area (Å²) in [5, 5.41) is 0.0502. The second-order valence-corrected chi connectivity index (χ2v) is 7.64. The summed E-state index contributed by atoms with van der Waals surface area (Å²) < 4.78 is 0. The van der Waals surface area contributed by atoms with Gasteiger partial charge in [0, 0.05) is 33.8 Å². The van der Waals surface area contributed by atoms with Crippen molar-refractivity contribution in [2.75, 3.05) is 5.75 Å². The minimum Gasteiger partial charge on any atom is -0.261 e. The molecule has 0 bridgehead atoms. The Labute approximate surface area is 127 Å². The summed E-state index contributed by atoms with van der Waals surface area (Å²) in [5.74, 6) is 2.40. The van der Waals surface area contributed by atoms with Crippen LogP contribution < -0.4 is 0 Å². The van der Waals surface area contributed by atoms with E-state index in [0.29, 0.717) is 0 Å². The lowest BCUT2D eigenvalue weighted by Crippen LogP contribution is -1.98. The summed E-state index contributed by atoms with van der Waals surface area (Å²) in [6, 6.07) is 6.38. The number of hydrogen-bond donors (Lipinski definition) is 0. The Morgan fingerprint density at radius 3 is 3.16 bits per heavy atom. The molecule has 0 N–H and O–H groups in total. The Balaban J connectivity index is 1.79. The molecule has 1 aliphatic rings. The van der Waals surface area contributed by atoms with Crippen molar-refractivity contribution in [3.8, 4) is 0 Å². The smallest absolute Gasteiger partial charge is 0.0734 e. The molecule has 4 heteroatoms. The van der Waals surface area contributed by atoms with E-state index >= 15 is 0 Å². The van der Waals surface area contributed by atoms with Crippen LogP contribution in [0.4, 0.5) is 0 Å². The van der Waals surface area contributed by atoms with Crippen LogP contribution in [0.5, 0.6) is 0 Å². The molecule has 0 saturated heterocycles. The molecule has 0 spiro atoms. The molecule has 1 nitrogen and oxygen atoms in total. The predicted octanol–water partition coefficient (Wildman–Crippen LogP) is 4.76. The first-order valence-corrected chi connectivity index (χ1v) is 8.88. The average molecular weight is 310 g/mol. The molecule has 2 aromatic heterocycles. The maximum absolute atomic E-state index is 6.60. The van der Waals surface area contributed by atoms with Crippen molar-refractivity contribution in [3.05, 3.63) is 51.0 Å². The van der Waals surface area contributed by atoms with Crippen LogP contribution in [0.1, 0.15) is 32.0 Å². The fourth-order valence-electron chi connectivity index (χ4n) is 2.33. The quantitative estimate of drug-likeness (QED) is 0.758. The molecule has 0 aromatic carbocycles. The molecular formula is C15H16ClNS2. The highest BCUT2D eigenvalue weighted by molar-refractivity contribution is 7.98. The third-order valence-corrected chi connectivity index (χ3v) is 6.32. The van der Waals surface area contributed by atoms with E-state index in [9.17, 15) is 0 Å². The molecule has 19 heavy (non-hydrogen) atoms. The van der Waals surface area contributed by atoms with Crippen molar-refractivity contribution in [1.82, 2.24) is 4.98 Å². The van der Waals surface area contributed by atoms with Gasteiger partial charge < -0.3 is 0 Å². The Morgan fingerprint density at radius 1 is 1.47 bits per heavy atom. The average Bonchev–Trinajstić information content (AvgIpc) is 2.85. The van der Waals surface area contributed by atoms with Gasteiger partial charge in [-0.2, -0.15) is 11.8 Å². The zero-order valence-corrected chi connectivity index (χ0v) is 13.2. The predicted molar refractivity (Wildman–Crippen MR) is 85.5 cm³/mol. The third kappa shape index (κ3) is 2.99. The zero-order chi connectivity index (χ0) is 13.2. The number of thioether (sulfide) groups is 1. The van der Waals surface area contributed by atoms with Gasteiger partial charge in [0.2, 0.25) is 0 Å². The standard InChI is InChI=1S/C15H16ClNS2/c1-10-3-2-5-17-13(10)8-12(16)15-7-11-9-18-6-4-14(11)19-15/h2-3,5,7,12H,4,6,8-9H2,1H3. The van der Waals surface area contributed by atoms with Crippen LogP contribution in [0.2, 0.25) is 0 Å². The number of aryl methyl sites for hydroxylation is 2. The molecule has 2 aromatic rings. The fraction of sp³-hybridized carbons (Fsp3) is 0.400. The highest BCUT2D eigenvalue weighted by Gasteiger charge is 2.19. The molecule has 0 amide bonds. The van der Waals surface area contributed by atoms with Gasteiger partial charge in [-0.25, -0.2) is 0 Å². The number of hydrogen-bond acceptors (Lipinski definition) is 3. The van der Waals surface area contributed by atoms with Crippen LogP contribution in [0.25, 0.3) is 0 Å². The van der Waals surface area contributed by atoms with Gasteiger partial charge in [-0.3, -0.25) is 4.98 Å². The Morgan fingerprint density at radius 2 is 2.37 bits per heavy atom. The van der Waals surface area contributed by atoms with E-state index in [1.54, 1.807) is 0 Å². The molecular weight excluding hydrogens is 294 g/mol. The van der Waals surface area contributed by atoms with Gasteiger partial charge in [-0.05, 0) is 42.4 Å². The van der Waals surface area contributed by atoms with Gasteiger partial charge in [0.05, 0.1) is 5.38 Å². The normalized spacial score (nSPS) is 16.1. The van der Waals surface area contributed by atoms with Crippen molar-refractivity contribution in [3.63, 3.8) is 0 Å². The molecule has 0 saturated carbocycles. The molecule has 0 radical (unpaired) electrons. The molecule has 0 aliphatic carbocycles. The number of thiophene rings is 1. The lowest BCUT2D eigenvalue weighted by Gasteiger charge is -2.08. The van der Waals surface area contributed by atoms with Crippen LogP contribution in [-0.2, 0) is 18.6 Å². The summed E-state index contributed by atoms with van der Waals surface area (Å²) in [7, 11) is 0. The number of nitrogens with zero attached hydrogens (tertiary/aromatic N) is 1. The van der Waals surface area contributed by atoms with Crippen molar-refractivity contribution < 1.29 is 0 Å². The van der Waals surface area contributed by atoms with E-state index in [2.05, 4.69) is 24.0 Å². The van der Waals surface area contributed by atoms with E-state index in [0.717, 1.165) is 17.9 Å². The second-order valence-electron chi connectivity index (χ2n) is 4.84. The summed E-state index contributed by atoms with van der Waals surface area (Å²) in [5.41, 5.74) is 3.84. The van der Waals surface area contributed by atoms with Gasteiger partial charge in [-0.15, -0.1) is 22.9 Å². The van der Waals surface area contributed by atoms with Crippen LogP contribution in [0.3, 0.4) is 0 Å². The Hall–Kier alpha value is -0.510. The third-order valence-electron chi connectivity index (χ3n) is 3.45. The Kier molecular flexibility index (Phi) is 4.15. The largest absolute Gasteiger partial charge is 0.261 e. The van der Waals surface area contributed by atoms with E-state index in [-0.39, 0.29) is 5.38 Å². The Bertz CT molecular complexity index is 556. The minimum absolute atomic E-state index is 0.0502. The van der Waals surface area contributed by atoms with E-state index in [4.69, 9.17) is 11.6 Å². The van der Waals surface area contributed by atoms with E-state index in [1.165, 1.54) is 33.1 Å². The van der Waals surface area contributed by atoms with Gasteiger partial charge >= 0.3 is 0 Å². The van der Waals surface area contributed by atoms with Crippen molar-refractivity contribution in [2.24, 2.45) is 0 Å². The number of aromatic nitrogens is 1. The molecule has 1 atom stereocenters. The van der Waals surface area contributed by atoms with E-state index in [1.807, 2.05) is 35.4 Å². The maximum Gasteiger partial charge on any atom is 0.0734 e. The van der Waals surface area contributed by atoms with Crippen LogP contribution in [0, 0.1) is 6.92 Å². The first-order valence-electron chi connectivity index (χ1n) is 6.48. The lowest BCUT2D eigenvalue weighted by molar-refractivity contribution is 0.883. The highest BCUT2D eigenvalue weighted by atomic mass is 35.5. The molecule has 100 valence electrons. The molecule has 1 aliphatic heterocycles. The van der Waals surface area contributed by atoms with Crippen LogP contribution in [-0.4, -0.2) is 10.7 Å². The van der Waals surface area contributed by atoms with Gasteiger partial charge in [-0.1, -0.05) is 6.07 Å². The number of halogens is 1. The lowest BCUT2D eigenvalue weighted by atomic mass is 10.1. The molecule has 3 heterocycles. The van der Waals surface area contributed by atoms with Crippen molar-refractivity contribution >= 4 is 34.7 Å². The molecule has 0 fully saturated rings. The second kappa shape index (κ2) is 5.86. The summed E-state index contributed by atoms with van der Waals surface area (Å²) >= 11 is 10.5. The number of pyridine rings is 1. The fourth-order valence-corrected chi connectivity index (χ4v) is 5.02. The SMILES string of the molecule is Cc1cccnc1CC(Cl)c1cc2c(s1)CCSC2. The van der Waals surface area contributed by atoms with Crippen LogP contribution in [0.15, 0.2) is 24.4 Å².